The molecule has 0 heterocycles. The van der Waals surface area contributed by atoms with Crippen molar-refractivity contribution in [3.8, 4) is 0 Å². The molecule has 100 valence electrons. The highest BCUT2D eigenvalue weighted by Crippen LogP contribution is 2.17. The molecular weight excluding hydrogens is 212 g/mol. The monoisotopic (exact) mass is 240 g/mol. The van der Waals surface area contributed by atoms with E-state index >= 15 is 0 Å². The number of hydrogen-bond acceptors (Lipinski definition) is 2. The number of carbonyl (C=O) groups is 1. The molecule has 0 spiro atoms. The third-order valence-electron chi connectivity index (χ3n) is 3.53. The van der Waals surface area contributed by atoms with Crippen molar-refractivity contribution in [3.63, 3.8) is 0 Å². The van der Waals surface area contributed by atoms with Gasteiger partial charge in [-0.25, -0.2) is 0 Å². The average Bonchev–Trinajstić information content (AvgIpc) is 2.21. The van der Waals surface area contributed by atoms with E-state index in [2.05, 4.69) is 5.32 Å². The molecule has 0 aliphatic heterocycles. The second kappa shape index (κ2) is 8.51. The lowest BCUT2D eigenvalue weighted by Crippen LogP contribution is -2.35. The van der Waals surface area contributed by atoms with Crippen LogP contribution in [0.5, 0.6) is 0 Å². The quantitative estimate of drug-likeness (QED) is 0.776. The standard InChI is InChI=1S/C14H28N2O/c1-12(15)8-7-11-14(17)16-13-9-5-3-2-4-6-10-13/h12-13H,2-11,15H2,1H3,(H,16,17). The van der Waals surface area contributed by atoms with E-state index in [4.69, 9.17) is 5.73 Å². The lowest BCUT2D eigenvalue weighted by molar-refractivity contribution is -0.122. The molecule has 1 aliphatic carbocycles. The van der Waals surface area contributed by atoms with Crippen LogP contribution >= 0.6 is 0 Å². The first kappa shape index (κ1) is 14.5. The van der Waals surface area contributed by atoms with Crippen LogP contribution in [-0.2, 0) is 4.79 Å². The molecule has 0 aromatic heterocycles. The van der Waals surface area contributed by atoms with E-state index in [0.29, 0.717) is 12.5 Å². The molecule has 17 heavy (non-hydrogen) atoms. The second-order valence-corrected chi connectivity index (χ2v) is 5.48. The smallest absolute Gasteiger partial charge is 0.220 e. The van der Waals surface area contributed by atoms with Crippen LogP contribution in [0.2, 0.25) is 0 Å². The van der Waals surface area contributed by atoms with Crippen LogP contribution in [0.15, 0.2) is 0 Å². The van der Waals surface area contributed by atoms with Crippen LogP contribution in [0.25, 0.3) is 0 Å². The largest absolute Gasteiger partial charge is 0.353 e. The summed E-state index contributed by atoms with van der Waals surface area (Å²) < 4.78 is 0. The van der Waals surface area contributed by atoms with E-state index in [-0.39, 0.29) is 11.9 Å². The topological polar surface area (TPSA) is 55.1 Å². The van der Waals surface area contributed by atoms with E-state index in [1.165, 1.54) is 44.9 Å². The van der Waals surface area contributed by atoms with Gasteiger partial charge in [0.1, 0.15) is 0 Å². The first-order valence-electron chi connectivity index (χ1n) is 7.23. The van der Waals surface area contributed by atoms with Gasteiger partial charge in [0.05, 0.1) is 0 Å². The number of rotatable bonds is 5. The fourth-order valence-corrected chi connectivity index (χ4v) is 2.48. The Kier molecular flexibility index (Phi) is 7.25. The summed E-state index contributed by atoms with van der Waals surface area (Å²) in [4.78, 5) is 11.7. The molecule has 0 saturated heterocycles. The Balaban J connectivity index is 2.14. The molecule has 3 N–H and O–H groups in total. The van der Waals surface area contributed by atoms with Gasteiger partial charge in [0.15, 0.2) is 0 Å². The van der Waals surface area contributed by atoms with Crippen LogP contribution < -0.4 is 11.1 Å². The van der Waals surface area contributed by atoms with Crippen molar-refractivity contribution in [1.29, 1.82) is 0 Å². The van der Waals surface area contributed by atoms with Gasteiger partial charge < -0.3 is 11.1 Å². The summed E-state index contributed by atoms with van der Waals surface area (Å²) in [7, 11) is 0. The van der Waals surface area contributed by atoms with Gasteiger partial charge in [-0.05, 0) is 32.6 Å². The third kappa shape index (κ3) is 7.37. The fraction of sp³-hybridized carbons (Fsp3) is 0.929. The van der Waals surface area contributed by atoms with Crippen molar-refractivity contribution in [1.82, 2.24) is 5.32 Å². The number of carbonyl (C=O) groups excluding carboxylic acids is 1. The minimum Gasteiger partial charge on any atom is -0.353 e. The molecule has 1 unspecified atom stereocenters. The number of hydrogen-bond donors (Lipinski definition) is 2. The van der Waals surface area contributed by atoms with Crippen molar-refractivity contribution in [2.24, 2.45) is 5.73 Å². The SMILES string of the molecule is CC(N)CCCC(=O)NC1CCCCCCC1. The Morgan fingerprint density at radius 1 is 1.24 bits per heavy atom. The molecule has 0 aromatic rings. The van der Waals surface area contributed by atoms with Crippen LogP contribution in [0.3, 0.4) is 0 Å². The minimum atomic E-state index is 0.212. The molecule has 1 saturated carbocycles. The zero-order valence-corrected chi connectivity index (χ0v) is 11.2. The van der Waals surface area contributed by atoms with Crippen LogP contribution in [-0.4, -0.2) is 18.0 Å². The van der Waals surface area contributed by atoms with Crippen molar-refractivity contribution in [3.05, 3.63) is 0 Å². The summed E-state index contributed by atoms with van der Waals surface area (Å²) in [5.74, 6) is 0.219. The average molecular weight is 240 g/mol. The van der Waals surface area contributed by atoms with E-state index < -0.39 is 0 Å². The summed E-state index contributed by atoms with van der Waals surface area (Å²) in [6, 6.07) is 0.641. The van der Waals surface area contributed by atoms with Crippen LogP contribution in [0.1, 0.15) is 71.1 Å². The molecule has 0 bridgehead atoms. The molecule has 0 aromatic carbocycles. The maximum Gasteiger partial charge on any atom is 0.220 e. The molecule has 1 atom stereocenters. The first-order chi connectivity index (χ1) is 8.18. The zero-order valence-electron chi connectivity index (χ0n) is 11.2. The maximum absolute atomic E-state index is 11.7. The Hall–Kier alpha value is -0.570. The van der Waals surface area contributed by atoms with Crippen molar-refractivity contribution in [2.75, 3.05) is 0 Å². The number of nitrogens with one attached hydrogen (secondary N) is 1. The Morgan fingerprint density at radius 3 is 2.41 bits per heavy atom. The normalized spacial score (nSPS) is 20.4. The van der Waals surface area contributed by atoms with Gasteiger partial charge in [0, 0.05) is 18.5 Å². The number of nitrogens with two attached hydrogens (primary N) is 1. The molecule has 1 fully saturated rings. The van der Waals surface area contributed by atoms with Gasteiger partial charge in [-0.3, -0.25) is 4.79 Å². The Labute approximate surface area is 106 Å². The predicted octanol–water partition coefficient (Wildman–Crippen LogP) is 2.73. The molecule has 1 rings (SSSR count). The molecule has 1 amide bonds. The second-order valence-electron chi connectivity index (χ2n) is 5.48. The molecular formula is C14H28N2O. The van der Waals surface area contributed by atoms with Crippen molar-refractivity contribution < 1.29 is 4.79 Å². The Bertz CT molecular complexity index is 208. The Morgan fingerprint density at radius 2 is 1.82 bits per heavy atom. The van der Waals surface area contributed by atoms with E-state index in [1.54, 1.807) is 0 Å². The van der Waals surface area contributed by atoms with E-state index in [0.717, 1.165) is 12.8 Å². The lowest BCUT2D eigenvalue weighted by Gasteiger charge is -2.21. The predicted molar refractivity (Wildman–Crippen MR) is 71.8 cm³/mol. The highest BCUT2D eigenvalue weighted by atomic mass is 16.1. The van der Waals surface area contributed by atoms with Gasteiger partial charge in [0.25, 0.3) is 0 Å². The molecule has 1 aliphatic rings. The highest BCUT2D eigenvalue weighted by Gasteiger charge is 2.13. The molecule has 3 heteroatoms. The summed E-state index contributed by atoms with van der Waals surface area (Å²) in [6.07, 6.45) is 11.4. The van der Waals surface area contributed by atoms with Crippen molar-refractivity contribution >= 4 is 5.91 Å². The first-order valence-corrected chi connectivity index (χ1v) is 7.23. The van der Waals surface area contributed by atoms with Gasteiger partial charge in [-0.15, -0.1) is 0 Å². The van der Waals surface area contributed by atoms with Gasteiger partial charge in [-0.2, -0.15) is 0 Å². The summed E-state index contributed by atoms with van der Waals surface area (Å²) in [5, 5.41) is 3.18. The molecule has 3 nitrogen and oxygen atoms in total. The van der Waals surface area contributed by atoms with E-state index in [1.807, 2.05) is 6.92 Å². The third-order valence-corrected chi connectivity index (χ3v) is 3.53. The van der Waals surface area contributed by atoms with Gasteiger partial charge in [0.2, 0.25) is 5.91 Å². The van der Waals surface area contributed by atoms with E-state index in [9.17, 15) is 4.79 Å². The van der Waals surface area contributed by atoms with Gasteiger partial charge >= 0.3 is 0 Å². The summed E-state index contributed by atoms with van der Waals surface area (Å²) >= 11 is 0. The van der Waals surface area contributed by atoms with Gasteiger partial charge in [-0.1, -0.05) is 32.1 Å². The van der Waals surface area contributed by atoms with Crippen LogP contribution in [0, 0.1) is 0 Å². The fourth-order valence-electron chi connectivity index (χ4n) is 2.48. The minimum absolute atomic E-state index is 0.212. The highest BCUT2D eigenvalue weighted by molar-refractivity contribution is 5.76. The maximum atomic E-state index is 11.7. The van der Waals surface area contributed by atoms with Crippen LogP contribution in [0.4, 0.5) is 0 Å². The summed E-state index contributed by atoms with van der Waals surface area (Å²) in [5.41, 5.74) is 5.67. The zero-order chi connectivity index (χ0) is 12.5. The summed E-state index contributed by atoms with van der Waals surface area (Å²) in [6.45, 7) is 1.99. The lowest BCUT2D eigenvalue weighted by atomic mass is 9.96. The number of amides is 1. The molecule has 0 radical (unpaired) electrons. The van der Waals surface area contributed by atoms with Crippen molar-refractivity contribution in [2.45, 2.75) is 83.2 Å².